The van der Waals surface area contributed by atoms with Crippen molar-refractivity contribution >= 4 is 5.78 Å². The lowest BCUT2D eigenvalue weighted by Gasteiger charge is -2.22. The number of allylic oxidation sites excluding steroid dienone is 2. The summed E-state index contributed by atoms with van der Waals surface area (Å²) in [6.07, 6.45) is 4.70. The van der Waals surface area contributed by atoms with Crippen LogP contribution in [0.25, 0.3) is 0 Å². The summed E-state index contributed by atoms with van der Waals surface area (Å²) in [4.78, 5) is 21.8. The Morgan fingerprint density at radius 2 is 1.94 bits per heavy atom. The van der Waals surface area contributed by atoms with E-state index in [0.29, 0.717) is 0 Å². The molecule has 5 heteroatoms. The summed E-state index contributed by atoms with van der Waals surface area (Å²) in [7, 11) is 0. The Kier molecular flexibility index (Phi) is 3.06. The average Bonchev–Trinajstić information content (AvgIpc) is 2.39. The zero-order valence-corrected chi connectivity index (χ0v) is 9.32. The first-order chi connectivity index (χ1) is 8.55. The normalized spacial score (nSPS) is 25.9. The Hall–Kier alpha value is -2.30. The first-order valence-corrected chi connectivity index (χ1v) is 5.34. The van der Waals surface area contributed by atoms with E-state index < -0.39 is 22.4 Å². The smallest absolute Gasteiger partial charge is 0.293 e. The number of ketones is 1. The maximum absolute atomic E-state index is 14.2. The van der Waals surface area contributed by atoms with Crippen molar-refractivity contribution < 1.29 is 14.1 Å². The number of halogens is 1. The standard InChI is InChI=1S/C13H10FNO3/c14-13(15(17)18)9-5-4-8-11(13)12(16)10-6-2-1-3-7-10/h1-9,11H. The summed E-state index contributed by atoms with van der Waals surface area (Å²) in [6.45, 7) is 0. The van der Waals surface area contributed by atoms with Crippen molar-refractivity contribution in [3.05, 3.63) is 70.3 Å². The van der Waals surface area contributed by atoms with Crippen LogP contribution in [0.3, 0.4) is 0 Å². The van der Waals surface area contributed by atoms with Gasteiger partial charge in [-0.05, 0) is 0 Å². The molecule has 1 aliphatic rings. The Morgan fingerprint density at radius 3 is 2.56 bits per heavy atom. The van der Waals surface area contributed by atoms with Crippen molar-refractivity contribution in [1.82, 2.24) is 0 Å². The third kappa shape index (κ3) is 1.95. The van der Waals surface area contributed by atoms with E-state index in [1.165, 1.54) is 30.4 Å². The molecule has 0 radical (unpaired) electrons. The second-order valence-corrected chi connectivity index (χ2v) is 3.94. The predicted molar refractivity (Wildman–Crippen MR) is 63.4 cm³/mol. The van der Waals surface area contributed by atoms with Gasteiger partial charge in [0, 0.05) is 11.6 Å². The van der Waals surface area contributed by atoms with Gasteiger partial charge in [-0.3, -0.25) is 14.9 Å². The van der Waals surface area contributed by atoms with Crippen molar-refractivity contribution in [2.45, 2.75) is 5.79 Å². The lowest BCUT2D eigenvalue weighted by atomic mass is 9.86. The fourth-order valence-electron chi connectivity index (χ4n) is 1.83. The Bertz CT molecular complexity index is 538. The molecule has 18 heavy (non-hydrogen) atoms. The lowest BCUT2D eigenvalue weighted by molar-refractivity contribution is -0.594. The van der Waals surface area contributed by atoms with Gasteiger partial charge >= 0.3 is 5.79 Å². The fraction of sp³-hybridized carbons (Fsp3) is 0.154. The second kappa shape index (κ2) is 4.52. The minimum absolute atomic E-state index is 0.256. The maximum Gasteiger partial charge on any atom is 0.391 e. The number of carbonyl (C=O) groups is 1. The van der Waals surface area contributed by atoms with Crippen LogP contribution in [0.2, 0.25) is 0 Å². The molecular formula is C13H10FNO3. The third-order valence-electron chi connectivity index (χ3n) is 2.80. The zero-order chi connectivity index (χ0) is 13.2. The van der Waals surface area contributed by atoms with Gasteiger partial charge in [0.25, 0.3) is 0 Å². The monoisotopic (exact) mass is 247 g/mol. The highest BCUT2D eigenvalue weighted by Gasteiger charge is 2.52. The van der Waals surface area contributed by atoms with Crippen molar-refractivity contribution in [1.29, 1.82) is 0 Å². The number of alkyl halides is 1. The second-order valence-electron chi connectivity index (χ2n) is 3.94. The molecule has 1 aromatic rings. The summed E-state index contributed by atoms with van der Waals surface area (Å²) in [5.41, 5.74) is 0.256. The molecule has 1 aromatic carbocycles. The van der Waals surface area contributed by atoms with Crippen LogP contribution in [0.1, 0.15) is 10.4 Å². The Labute approximate surface area is 103 Å². The molecule has 2 rings (SSSR count). The molecule has 0 fully saturated rings. The van der Waals surface area contributed by atoms with Crippen LogP contribution in [0.5, 0.6) is 0 Å². The lowest BCUT2D eigenvalue weighted by Crippen LogP contribution is -2.43. The molecule has 0 spiro atoms. The quantitative estimate of drug-likeness (QED) is 0.357. The van der Waals surface area contributed by atoms with Crippen molar-refractivity contribution in [3.8, 4) is 0 Å². The number of Topliss-reactive ketones (excluding diaryl/α,β-unsaturated/α-hetero) is 1. The van der Waals surface area contributed by atoms with Gasteiger partial charge in [-0.25, -0.2) is 0 Å². The zero-order valence-electron chi connectivity index (χ0n) is 9.32. The van der Waals surface area contributed by atoms with Gasteiger partial charge in [-0.1, -0.05) is 48.6 Å². The molecule has 0 saturated heterocycles. The van der Waals surface area contributed by atoms with Crippen LogP contribution < -0.4 is 0 Å². The molecule has 0 heterocycles. The van der Waals surface area contributed by atoms with Gasteiger partial charge in [0.1, 0.15) is 5.92 Å². The van der Waals surface area contributed by atoms with Crippen molar-refractivity contribution in [2.24, 2.45) is 5.92 Å². The molecule has 0 aromatic heterocycles. The van der Waals surface area contributed by atoms with Gasteiger partial charge in [0.05, 0.1) is 4.92 Å². The van der Waals surface area contributed by atoms with Gasteiger partial charge in [0.15, 0.2) is 5.78 Å². The number of nitrogens with zero attached hydrogens (tertiary/aromatic N) is 1. The molecule has 0 amide bonds. The topological polar surface area (TPSA) is 60.2 Å². The highest BCUT2D eigenvalue weighted by molar-refractivity contribution is 5.99. The van der Waals surface area contributed by atoms with Gasteiger partial charge < -0.3 is 0 Å². The van der Waals surface area contributed by atoms with Crippen molar-refractivity contribution in [2.75, 3.05) is 0 Å². The van der Waals surface area contributed by atoms with Crippen LogP contribution in [0, 0.1) is 16.0 Å². The van der Waals surface area contributed by atoms with Crippen LogP contribution in [0.4, 0.5) is 4.39 Å². The molecule has 92 valence electrons. The van der Waals surface area contributed by atoms with Crippen molar-refractivity contribution in [3.63, 3.8) is 0 Å². The number of carbonyl (C=O) groups excluding carboxylic acids is 1. The van der Waals surface area contributed by atoms with E-state index in [1.54, 1.807) is 18.2 Å². The number of hydrogen-bond donors (Lipinski definition) is 0. The molecular weight excluding hydrogens is 237 g/mol. The molecule has 0 saturated carbocycles. The molecule has 0 N–H and O–H groups in total. The van der Waals surface area contributed by atoms with Crippen LogP contribution in [-0.2, 0) is 0 Å². The summed E-state index contributed by atoms with van der Waals surface area (Å²) < 4.78 is 14.2. The molecule has 2 unspecified atom stereocenters. The predicted octanol–water partition coefficient (Wildman–Crippen LogP) is 2.55. The van der Waals surface area contributed by atoms with Gasteiger partial charge in [-0.2, -0.15) is 4.39 Å². The van der Waals surface area contributed by atoms with E-state index in [9.17, 15) is 19.3 Å². The summed E-state index contributed by atoms with van der Waals surface area (Å²) in [6, 6.07) is 7.98. The Balaban J connectivity index is 2.38. The maximum atomic E-state index is 14.2. The summed E-state index contributed by atoms with van der Waals surface area (Å²) in [5, 5.41) is 10.8. The average molecular weight is 247 g/mol. The van der Waals surface area contributed by atoms with Crippen LogP contribution in [-0.4, -0.2) is 16.5 Å². The molecule has 0 aliphatic heterocycles. The highest BCUT2D eigenvalue weighted by Crippen LogP contribution is 2.32. The van der Waals surface area contributed by atoms with E-state index in [4.69, 9.17) is 0 Å². The van der Waals surface area contributed by atoms with Gasteiger partial charge in [-0.15, -0.1) is 0 Å². The number of benzene rings is 1. The van der Waals surface area contributed by atoms with E-state index in [0.717, 1.165) is 6.08 Å². The van der Waals surface area contributed by atoms with Gasteiger partial charge in [0.2, 0.25) is 0 Å². The SMILES string of the molecule is O=C(c1ccccc1)C1C=CC=CC1(F)[N+](=O)[O-]. The minimum atomic E-state index is -2.87. The molecule has 0 bridgehead atoms. The summed E-state index contributed by atoms with van der Waals surface area (Å²) >= 11 is 0. The molecule has 2 atom stereocenters. The van der Waals surface area contributed by atoms with Crippen LogP contribution >= 0.6 is 0 Å². The number of nitro groups is 1. The van der Waals surface area contributed by atoms with E-state index >= 15 is 0 Å². The molecule has 4 nitrogen and oxygen atoms in total. The minimum Gasteiger partial charge on any atom is -0.293 e. The van der Waals surface area contributed by atoms with E-state index in [2.05, 4.69) is 0 Å². The highest BCUT2D eigenvalue weighted by atomic mass is 19.1. The molecule has 1 aliphatic carbocycles. The Morgan fingerprint density at radius 1 is 1.28 bits per heavy atom. The fourth-order valence-corrected chi connectivity index (χ4v) is 1.83. The van der Waals surface area contributed by atoms with E-state index in [1.807, 2.05) is 0 Å². The van der Waals surface area contributed by atoms with E-state index in [-0.39, 0.29) is 5.56 Å². The number of rotatable bonds is 3. The number of hydrogen-bond acceptors (Lipinski definition) is 3. The summed E-state index contributed by atoms with van der Waals surface area (Å²) in [5.74, 6) is -4.91. The third-order valence-corrected chi connectivity index (χ3v) is 2.80. The largest absolute Gasteiger partial charge is 0.391 e. The van der Waals surface area contributed by atoms with Crippen LogP contribution in [0.15, 0.2) is 54.6 Å². The first kappa shape index (κ1) is 12.2. The first-order valence-electron chi connectivity index (χ1n) is 5.34.